The van der Waals surface area contributed by atoms with Crippen LogP contribution in [0.5, 0.6) is 0 Å². The fraction of sp³-hybridized carbons (Fsp3) is 0.632. The van der Waals surface area contributed by atoms with E-state index in [1.165, 1.54) is 0 Å². The van der Waals surface area contributed by atoms with Crippen molar-refractivity contribution < 1.29 is 23.9 Å². The van der Waals surface area contributed by atoms with Gasteiger partial charge in [-0.3, -0.25) is 4.79 Å². The number of carbonyl (C=O) groups is 3. The summed E-state index contributed by atoms with van der Waals surface area (Å²) in [6, 6.07) is 0. The minimum atomic E-state index is -0.543. The van der Waals surface area contributed by atoms with Gasteiger partial charge in [-0.05, 0) is 53.0 Å². The van der Waals surface area contributed by atoms with Crippen LogP contribution in [0, 0.1) is 12.8 Å². The van der Waals surface area contributed by atoms with Crippen molar-refractivity contribution in [2.45, 2.75) is 72.5 Å². The molecule has 1 fully saturated rings. The molecule has 0 radical (unpaired) electrons. The van der Waals surface area contributed by atoms with Gasteiger partial charge >= 0.3 is 11.9 Å². The van der Waals surface area contributed by atoms with Crippen LogP contribution in [0.2, 0.25) is 0 Å². The molecule has 0 unspecified atom stereocenters. The number of amides is 1. The number of rotatable bonds is 6. The van der Waals surface area contributed by atoms with Gasteiger partial charge in [-0.15, -0.1) is 11.3 Å². The van der Waals surface area contributed by atoms with Gasteiger partial charge in [0.2, 0.25) is 5.91 Å². The fourth-order valence-corrected chi connectivity index (χ4v) is 4.07. The Morgan fingerprint density at radius 3 is 2.08 bits per heavy atom. The van der Waals surface area contributed by atoms with Gasteiger partial charge in [0.15, 0.2) is 0 Å². The van der Waals surface area contributed by atoms with Gasteiger partial charge in [0.25, 0.3) is 0 Å². The third-order valence-corrected chi connectivity index (χ3v) is 5.37. The number of hydrogen-bond acceptors (Lipinski definition) is 6. The van der Waals surface area contributed by atoms with Gasteiger partial charge < -0.3 is 14.8 Å². The SMILES string of the molecule is Cc1c(C(=O)OC(C)C)sc(NC(=O)C2CCCC2)c1C(=O)OC(C)C. The molecular weight excluding hydrogens is 354 g/mol. The first kappa shape index (κ1) is 20.4. The first-order chi connectivity index (χ1) is 12.2. The zero-order valence-electron chi connectivity index (χ0n) is 16.0. The van der Waals surface area contributed by atoms with Crippen LogP contribution in [0.4, 0.5) is 5.00 Å². The third kappa shape index (κ3) is 4.84. The lowest BCUT2D eigenvalue weighted by molar-refractivity contribution is -0.119. The van der Waals surface area contributed by atoms with Gasteiger partial charge in [-0.25, -0.2) is 9.59 Å². The normalized spacial score (nSPS) is 14.7. The van der Waals surface area contributed by atoms with Gasteiger partial charge in [-0.1, -0.05) is 12.8 Å². The van der Waals surface area contributed by atoms with Gasteiger partial charge in [-0.2, -0.15) is 0 Å². The summed E-state index contributed by atoms with van der Waals surface area (Å²) in [7, 11) is 0. The minimum absolute atomic E-state index is 0.0440. The van der Waals surface area contributed by atoms with Crippen molar-refractivity contribution in [2.75, 3.05) is 5.32 Å². The van der Waals surface area contributed by atoms with E-state index in [9.17, 15) is 14.4 Å². The molecule has 1 aliphatic rings. The van der Waals surface area contributed by atoms with Crippen molar-refractivity contribution in [3.63, 3.8) is 0 Å². The second-order valence-electron chi connectivity index (χ2n) is 7.14. The predicted molar refractivity (Wildman–Crippen MR) is 101 cm³/mol. The number of hydrogen-bond donors (Lipinski definition) is 1. The van der Waals surface area contributed by atoms with Crippen LogP contribution >= 0.6 is 11.3 Å². The molecule has 0 aromatic carbocycles. The standard InChI is InChI=1S/C19H27NO5S/c1-10(2)24-18(22)14-12(5)15(19(23)25-11(3)4)26-17(14)20-16(21)13-8-6-7-9-13/h10-11,13H,6-9H2,1-5H3,(H,20,21). The van der Waals surface area contributed by atoms with E-state index in [2.05, 4.69) is 5.32 Å². The Morgan fingerprint density at radius 2 is 1.54 bits per heavy atom. The number of esters is 2. The van der Waals surface area contributed by atoms with Gasteiger partial charge in [0, 0.05) is 5.92 Å². The van der Waals surface area contributed by atoms with Crippen molar-refractivity contribution in [1.29, 1.82) is 0 Å². The molecule has 1 heterocycles. The van der Waals surface area contributed by atoms with E-state index in [1.807, 2.05) is 0 Å². The molecule has 144 valence electrons. The molecule has 6 nitrogen and oxygen atoms in total. The highest BCUT2D eigenvalue weighted by atomic mass is 32.1. The van der Waals surface area contributed by atoms with Crippen molar-refractivity contribution in [2.24, 2.45) is 5.92 Å². The second-order valence-corrected chi connectivity index (χ2v) is 8.16. The molecule has 2 rings (SSSR count). The molecule has 0 spiro atoms. The van der Waals surface area contributed by atoms with E-state index in [0.717, 1.165) is 37.0 Å². The Labute approximate surface area is 158 Å². The lowest BCUT2D eigenvalue weighted by Gasteiger charge is -2.12. The third-order valence-electron chi connectivity index (χ3n) is 4.18. The maximum atomic E-state index is 12.5. The average Bonchev–Trinajstić information content (AvgIpc) is 3.14. The Hall–Kier alpha value is -1.89. The van der Waals surface area contributed by atoms with Crippen LogP contribution in [-0.4, -0.2) is 30.1 Å². The van der Waals surface area contributed by atoms with Crippen molar-refractivity contribution in [1.82, 2.24) is 0 Å². The van der Waals surface area contributed by atoms with E-state index < -0.39 is 11.9 Å². The van der Waals surface area contributed by atoms with Crippen molar-refractivity contribution in [3.8, 4) is 0 Å². The summed E-state index contributed by atoms with van der Waals surface area (Å²) in [4.78, 5) is 37.7. The molecule has 1 aliphatic carbocycles. The molecule has 0 aliphatic heterocycles. The first-order valence-electron chi connectivity index (χ1n) is 9.06. The minimum Gasteiger partial charge on any atom is -0.459 e. The highest BCUT2D eigenvalue weighted by Crippen LogP contribution is 2.36. The molecule has 1 N–H and O–H groups in total. The van der Waals surface area contributed by atoms with Crippen LogP contribution in [0.25, 0.3) is 0 Å². The molecule has 0 bridgehead atoms. The summed E-state index contributed by atoms with van der Waals surface area (Å²) in [5.74, 6) is -1.19. The number of nitrogens with one attached hydrogen (secondary N) is 1. The van der Waals surface area contributed by atoms with Crippen molar-refractivity contribution >= 4 is 34.2 Å². The molecule has 1 amide bonds. The molecular formula is C19H27NO5S. The molecule has 26 heavy (non-hydrogen) atoms. The number of anilines is 1. The lowest BCUT2D eigenvalue weighted by atomic mass is 10.1. The Kier molecular flexibility index (Phi) is 6.81. The predicted octanol–water partition coefficient (Wildman–Crippen LogP) is 4.32. The average molecular weight is 381 g/mol. The summed E-state index contributed by atoms with van der Waals surface area (Å²) in [6.45, 7) is 8.71. The van der Waals surface area contributed by atoms with Crippen molar-refractivity contribution in [3.05, 3.63) is 16.0 Å². The Balaban J connectivity index is 2.34. The molecule has 7 heteroatoms. The largest absolute Gasteiger partial charge is 0.459 e. The van der Waals surface area contributed by atoms with Gasteiger partial charge in [0.05, 0.1) is 17.8 Å². The van der Waals surface area contributed by atoms with Crippen LogP contribution in [0.1, 0.15) is 79.0 Å². The topological polar surface area (TPSA) is 81.7 Å². The Bertz CT molecular complexity index is 686. The zero-order valence-corrected chi connectivity index (χ0v) is 16.8. The molecule has 0 atom stereocenters. The Morgan fingerprint density at radius 1 is 1.00 bits per heavy atom. The molecule has 1 aromatic rings. The summed E-state index contributed by atoms with van der Waals surface area (Å²) in [6.07, 6.45) is 3.21. The quantitative estimate of drug-likeness (QED) is 0.742. The highest BCUT2D eigenvalue weighted by Gasteiger charge is 2.30. The lowest BCUT2D eigenvalue weighted by Crippen LogP contribution is -2.21. The zero-order chi connectivity index (χ0) is 19.4. The van der Waals surface area contributed by atoms with Gasteiger partial charge in [0.1, 0.15) is 9.88 Å². The van der Waals surface area contributed by atoms with E-state index in [-0.39, 0.29) is 29.6 Å². The van der Waals surface area contributed by atoms with Crippen LogP contribution < -0.4 is 5.32 Å². The highest BCUT2D eigenvalue weighted by molar-refractivity contribution is 7.18. The first-order valence-corrected chi connectivity index (χ1v) is 9.88. The van der Waals surface area contributed by atoms with E-state index in [0.29, 0.717) is 15.4 Å². The van der Waals surface area contributed by atoms with E-state index in [1.54, 1.807) is 34.6 Å². The summed E-state index contributed by atoms with van der Waals surface area (Å²) in [5, 5.41) is 3.21. The smallest absolute Gasteiger partial charge is 0.348 e. The summed E-state index contributed by atoms with van der Waals surface area (Å²) < 4.78 is 10.6. The number of thiophene rings is 1. The molecule has 1 saturated carbocycles. The number of ether oxygens (including phenoxy) is 2. The van der Waals surface area contributed by atoms with Crippen LogP contribution in [0.15, 0.2) is 0 Å². The van der Waals surface area contributed by atoms with E-state index >= 15 is 0 Å². The van der Waals surface area contributed by atoms with Crippen LogP contribution in [-0.2, 0) is 14.3 Å². The summed E-state index contributed by atoms with van der Waals surface area (Å²) in [5.41, 5.74) is 0.721. The second kappa shape index (κ2) is 8.66. The fourth-order valence-electron chi connectivity index (χ4n) is 2.98. The maximum Gasteiger partial charge on any atom is 0.348 e. The maximum absolute atomic E-state index is 12.5. The number of carbonyl (C=O) groups excluding carboxylic acids is 3. The van der Waals surface area contributed by atoms with Crippen LogP contribution in [0.3, 0.4) is 0 Å². The summed E-state index contributed by atoms with van der Waals surface area (Å²) >= 11 is 1.07. The van der Waals surface area contributed by atoms with E-state index in [4.69, 9.17) is 9.47 Å². The molecule has 0 saturated heterocycles. The molecule has 1 aromatic heterocycles. The monoisotopic (exact) mass is 381 g/mol.